The maximum atomic E-state index is 5.95. The predicted octanol–water partition coefficient (Wildman–Crippen LogP) is 17.6. The van der Waals surface area contributed by atoms with E-state index in [1.54, 1.807) is 0 Å². The van der Waals surface area contributed by atoms with Gasteiger partial charge in [-0.2, -0.15) is 6.07 Å². The van der Waals surface area contributed by atoms with Gasteiger partial charge in [-0.25, -0.2) is 4.98 Å². The summed E-state index contributed by atoms with van der Waals surface area (Å²) in [5.41, 5.74) is 19.7. The fraction of sp³-hybridized carbons (Fsp3) is 0.373. The van der Waals surface area contributed by atoms with Crippen LogP contribution in [0.2, 0.25) is 0 Å². The number of rotatable bonds is 10. The van der Waals surface area contributed by atoms with Gasteiger partial charge in [-0.05, 0) is 135 Å². The van der Waals surface area contributed by atoms with Crippen molar-refractivity contribution in [3.05, 3.63) is 178 Å². The van der Waals surface area contributed by atoms with Crippen LogP contribution in [0.1, 0.15) is 152 Å². The Morgan fingerprint density at radius 3 is 1.99 bits per heavy atom. The zero-order valence-corrected chi connectivity index (χ0v) is 48.5. The summed E-state index contributed by atoms with van der Waals surface area (Å²) in [7, 11) is 0. The molecule has 0 bridgehead atoms. The van der Waals surface area contributed by atoms with Crippen LogP contribution in [0.25, 0.3) is 38.8 Å². The van der Waals surface area contributed by atoms with E-state index in [0.29, 0.717) is 29.6 Å². The first-order valence-electron chi connectivity index (χ1n) is 26.7. The summed E-state index contributed by atoms with van der Waals surface area (Å²) in [6.07, 6.45) is 1.97. The Morgan fingerprint density at radius 1 is 0.685 bits per heavy atom. The molecule has 5 nitrogen and oxygen atoms in total. The molecule has 0 amide bonds. The first-order valence-corrected chi connectivity index (χ1v) is 26.7. The van der Waals surface area contributed by atoms with Gasteiger partial charge < -0.3 is 19.4 Å². The van der Waals surface area contributed by atoms with Gasteiger partial charge in [0.25, 0.3) is 0 Å². The molecule has 0 radical (unpaired) electrons. The number of anilines is 4. The molecule has 378 valence electrons. The van der Waals surface area contributed by atoms with E-state index in [1.165, 1.54) is 66.5 Å². The van der Waals surface area contributed by atoms with E-state index in [-0.39, 0.29) is 37.9 Å². The summed E-state index contributed by atoms with van der Waals surface area (Å²) in [6.45, 7) is 38.0. The zero-order chi connectivity index (χ0) is 51.3. The molecular weight excluding hydrogens is 1070 g/mol. The molecule has 2 aromatic heterocycles. The monoisotopic (exact) mass is 1140 g/mol. The Morgan fingerprint density at radius 2 is 1.34 bits per heavy atom. The third-order valence-electron chi connectivity index (χ3n) is 16.1. The van der Waals surface area contributed by atoms with Gasteiger partial charge in [0, 0.05) is 29.6 Å². The number of amidine groups is 1. The van der Waals surface area contributed by atoms with Crippen molar-refractivity contribution < 1.29 is 21.1 Å². The number of para-hydroxylation sites is 2. The van der Waals surface area contributed by atoms with Crippen LogP contribution in [0.4, 0.5) is 22.7 Å². The second kappa shape index (κ2) is 19.5. The topological polar surface area (TPSA) is 36.7 Å². The fourth-order valence-corrected chi connectivity index (χ4v) is 12.6. The van der Waals surface area contributed by atoms with E-state index in [9.17, 15) is 0 Å². The second-order valence-electron chi connectivity index (χ2n) is 24.0. The Labute approximate surface area is 451 Å². The normalized spacial score (nSPS) is 15.6. The Hall–Kier alpha value is -5.77. The van der Waals surface area contributed by atoms with Crippen molar-refractivity contribution in [3.63, 3.8) is 0 Å². The molecule has 8 aromatic rings. The number of fused-ring (bicyclic) bond motifs is 5. The minimum Gasteiger partial charge on any atom is -0.364 e. The summed E-state index contributed by atoms with van der Waals surface area (Å²) >= 11 is 0. The molecule has 0 saturated heterocycles. The van der Waals surface area contributed by atoms with Crippen LogP contribution < -0.4 is 9.80 Å². The number of aromatic nitrogens is 2. The first-order chi connectivity index (χ1) is 34.1. The molecule has 73 heavy (non-hydrogen) atoms. The second-order valence-corrected chi connectivity index (χ2v) is 24.0. The number of hydrogen-bond donors (Lipinski definition) is 0. The zero-order valence-electron chi connectivity index (χ0n) is 46.2. The molecule has 0 N–H and O–H groups in total. The smallest absolute Gasteiger partial charge is 0.364 e. The molecule has 0 fully saturated rings. The van der Waals surface area contributed by atoms with Crippen LogP contribution in [-0.2, 0) is 31.9 Å². The van der Waals surface area contributed by atoms with Gasteiger partial charge in [0.2, 0.25) is 0 Å². The van der Waals surface area contributed by atoms with E-state index in [0.717, 1.165) is 57.4 Å². The SMILES string of the molecule is Cc1ccc2c(c1)c1cc3c([c-]c1n2-c1cc(C(C)(C)C)ccn1)N(c1[c-]c(C2=N[C@H](C(C(C)C)C(C)C)CN2c2c(C(C)C)cccc2C(C)C)cc(-c2c(C)cccc2C)c1)c1ccccc1C3(C)C.[Pt+2]. The average molecular weight is 1150 g/mol. The standard InChI is InChI=1S/C67H75N5.Pt/c1-39(2)50-23-20-24-51(40(3)4)64(50)70-38-56(62(41(5)6)42(7)8)69-65(70)47-32-46(63-44(10)21-19-22-45(63)11)33-49(34-47)71-58-26-18-17-25-54(58)67(15,16)55-36-53-52-31-43(9)27-28-57(52)72(59(53)37-60(55)71)61-35-48(29-30-68-61)66(12,13)14;/h17-33,35-36,39-42,56,62H,38H2,1-16H3;/q-2;+2/t56-;/m0./s1. The molecule has 0 unspecified atom stereocenters. The number of hydrogen-bond acceptors (Lipinski definition) is 4. The molecule has 1 atom stereocenters. The van der Waals surface area contributed by atoms with Crippen molar-refractivity contribution in [3.8, 4) is 16.9 Å². The van der Waals surface area contributed by atoms with E-state index in [2.05, 4.69) is 246 Å². The molecule has 2 aliphatic heterocycles. The van der Waals surface area contributed by atoms with Crippen LogP contribution >= 0.6 is 0 Å². The van der Waals surface area contributed by atoms with E-state index < -0.39 is 0 Å². The third-order valence-corrected chi connectivity index (χ3v) is 16.1. The van der Waals surface area contributed by atoms with E-state index in [4.69, 9.17) is 9.98 Å². The summed E-state index contributed by atoms with van der Waals surface area (Å²) in [6, 6.07) is 49.6. The molecule has 6 heteroatoms. The average Bonchev–Trinajstić information content (AvgIpc) is 3.89. The number of aliphatic imine (C=N–C) groups is 1. The van der Waals surface area contributed by atoms with Gasteiger partial charge in [0.1, 0.15) is 5.82 Å². The third kappa shape index (κ3) is 9.00. The summed E-state index contributed by atoms with van der Waals surface area (Å²) in [4.78, 5) is 16.1. The van der Waals surface area contributed by atoms with Gasteiger partial charge in [-0.15, -0.1) is 40.8 Å². The van der Waals surface area contributed by atoms with Crippen LogP contribution in [-0.4, -0.2) is 28.0 Å². The Kier molecular flexibility index (Phi) is 13.9. The van der Waals surface area contributed by atoms with Gasteiger partial charge in [-0.1, -0.05) is 179 Å². The Balaban J connectivity index is 0.00000656. The van der Waals surface area contributed by atoms with Crippen molar-refractivity contribution >= 4 is 50.4 Å². The predicted molar refractivity (Wildman–Crippen MR) is 307 cm³/mol. The number of pyridine rings is 1. The molecule has 4 heterocycles. The minimum absolute atomic E-state index is 0. The van der Waals surface area contributed by atoms with Crippen molar-refractivity contribution in [1.29, 1.82) is 0 Å². The van der Waals surface area contributed by atoms with Crippen LogP contribution in [0, 0.1) is 50.7 Å². The van der Waals surface area contributed by atoms with Gasteiger partial charge in [-0.3, -0.25) is 0 Å². The molecule has 0 spiro atoms. The quantitative estimate of drug-likeness (QED) is 0.128. The minimum atomic E-state index is -0.348. The molecule has 2 aliphatic rings. The number of nitrogens with zero attached hydrogens (tertiary/aromatic N) is 5. The van der Waals surface area contributed by atoms with Crippen LogP contribution in [0.15, 0.2) is 120 Å². The van der Waals surface area contributed by atoms with E-state index in [1.807, 2.05) is 6.20 Å². The van der Waals surface area contributed by atoms with Gasteiger partial charge >= 0.3 is 21.1 Å². The summed E-state index contributed by atoms with van der Waals surface area (Å²) < 4.78 is 2.34. The summed E-state index contributed by atoms with van der Waals surface area (Å²) in [5.74, 6) is 3.88. The van der Waals surface area contributed by atoms with Crippen molar-refractivity contribution in [2.24, 2.45) is 22.7 Å². The number of benzene rings is 6. The fourth-order valence-electron chi connectivity index (χ4n) is 12.6. The molecule has 0 aliphatic carbocycles. The maximum Gasteiger partial charge on any atom is 2.00 e. The molecule has 0 saturated carbocycles. The van der Waals surface area contributed by atoms with Crippen LogP contribution in [0.5, 0.6) is 0 Å². The van der Waals surface area contributed by atoms with Crippen molar-refractivity contribution in [2.75, 3.05) is 16.3 Å². The van der Waals surface area contributed by atoms with Gasteiger partial charge in [0.15, 0.2) is 0 Å². The van der Waals surface area contributed by atoms with Crippen LogP contribution in [0.3, 0.4) is 0 Å². The maximum absolute atomic E-state index is 5.95. The molecule has 10 rings (SSSR count). The summed E-state index contributed by atoms with van der Waals surface area (Å²) in [5, 5.41) is 2.38. The first kappa shape index (κ1) is 52.1. The molecule has 6 aromatic carbocycles. The number of aryl methyl sites for hydroxylation is 3. The van der Waals surface area contributed by atoms with E-state index >= 15 is 0 Å². The Bertz CT molecular complexity index is 3380. The molecular formula is C67H75N5Pt. The van der Waals surface area contributed by atoms with Crippen molar-refractivity contribution in [2.45, 2.75) is 139 Å². The largest absolute Gasteiger partial charge is 2.00 e. The van der Waals surface area contributed by atoms with Crippen molar-refractivity contribution in [1.82, 2.24) is 9.55 Å². The van der Waals surface area contributed by atoms with Gasteiger partial charge in [0.05, 0.1) is 11.9 Å².